The van der Waals surface area contributed by atoms with Crippen molar-refractivity contribution in [3.63, 3.8) is 0 Å². The molecule has 1 rings (SSSR count). The van der Waals surface area contributed by atoms with Gasteiger partial charge in [0.05, 0.1) is 6.61 Å². The molecule has 0 saturated carbocycles. The molecule has 1 aliphatic rings. The van der Waals surface area contributed by atoms with Gasteiger partial charge in [0, 0.05) is 6.42 Å². The average Bonchev–Trinajstić information content (AvgIpc) is 2.29. The molecule has 5 nitrogen and oxygen atoms in total. The minimum Gasteiger partial charge on any atom is -0.458 e. The number of ether oxygens (including phenoxy) is 2. The topological polar surface area (TPSA) is 76.0 Å². The average molecular weight is 190 g/mol. The molecule has 1 fully saturated rings. The van der Waals surface area contributed by atoms with Crippen LogP contribution in [-0.4, -0.2) is 40.8 Å². The maximum atomic E-state index is 11.1. The van der Waals surface area contributed by atoms with E-state index < -0.39 is 24.0 Å². The van der Waals surface area contributed by atoms with E-state index in [4.69, 9.17) is 14.6 Å². The number of rotatable bonds is 3. The van der Waals surface area contributed by atoms with Crippen molar-refractivity contribution in [2.75, 3.05) is 6.61 Å². The molecule has 2 N–H and O–H groups in total. The van der Waals surface area contributed by atoms with Crippen molar-refractivity contribution < 1.29 is 24.5 Å². The molecule has 1 heterocycles. The number of aliphatic hydroxyl groups is 2. The molecule has 0 bridgehead atoms. The summed E-state index contributed by atoms with van der Waals surface area (Å²) >= 11 is 0. The molecule has 0 aliphatic carbocycles. The fraction of sp³-hybridized carbons (Fsp3) is 0.875. The highest BCUT2D eigenvalue weighted by atomic mass is 16.7. The van der Waals surface area contributed by atoms with Crippen LogP contribution in [0.2, 0.25) is 0 Å². The lowest BCUT2D eigenvalue weighted by Crippen LogP contribution is -2.32. The predicted molar refractivity (Wildman–Crippen MR) is 42.8 cm³/mol. The van der Waals surface area contributed by atoms with Crippen LogP contribution in [0.1, 0.15) is 20.3 Å². The van der Waals surface area contributed by atoms with Gasteiger partial charge in [-0.15, -0.1) is 0 Å². The van der Waals surface area contributed by atoms with E-state index >= 15 is 0 Å². The lowest BCUT2D eigenvalue weighted by molar-refractivity contribution is -0.207. The van der Waals surface area contributed by atoms with E-state index in [1.807, 2.05) is 0 Å². The van der Waals surface area contributed by atoms with Crippen LogP contribution in [0, 0.1) is 0 Å². The summed E-state index contributed by atoms with van der Waals surface area (Å²) in [4.78, 5) is 11.1. The normalized spacial score (nSPS) is 29.1. The molecule has 0 aromatic heterocycles. The van der Waals surface area contributed by atoms with E-state index in [9.17, 15) is 9.90 Å². The summed E-state index contributed by atoms with van der Waals surface area (Å²) in [7, 11) is 0. The summed E-state index contributed by atoms with van der Waals surface area (Å²) in [6, 6.07) is 0. The van der Waals surface area contributed by atoms with Crippen LogP contribution in [0.3, 0.4) is 0 Å². The number of hydrogen-bond donors (Lipinski definition) is 2. The van der Waals surface area contributed by atoms with Gasteiger partial charge in [-0.05, 0) is 13.8 Å². The Kier molecular flexibility index (Phi) is 2.90. The molecular weight excluding hydrogens is 176 g/mol. The van der Waals surface area contributed by atoms with E-state index in [-0.39, 0.29) is 6.61 Å². The molecule has 0 spiro atoms. The third-order valence-corrected chi connectivity index (χ3v) is 1.66. The molecule has 2 atom stereocenters. The van der Waals surface area contributed by atoms with Gasteiger partial charge in [0.15, 0.2) is 11.9 Å². The van der Waals surface area contributed by atoms with Crippen LogP contribution in [0.25, 0.3) is 0 Å². The highest BCUT2D eigenvalue weighted by molar-refractivity contribution is 5.76. The first-order valence-corrected chi connectivity index (χ1v) is 4.14. The smallest absolute Gasteiger partial charge is 0.335 e. The number of esters is 1. The Morgan fingerprint density at radius 3 is 2.69 bits per heavy atom. The zero-order valence-corrected chi connectivity index (χ0v) is 7.69. The fourth-order valence-corrected chi connectivity index (χ4v) is 1.18. The molecule has 0 aromatic carbocycles. The molecule has 0 radical (unpaired) electrons. The van der Waals surface area contributed by atoms with Crippen molar-refractivity contribution in [2.24, 2.45) is 0 Å². The zero-order chi connectivity index (χ0) is 10.1. The van der Waals surface area contributed by atoms with Crippen LogP contribution < -0.4 is 0 Å². The second-order valence-electron chi connectivity index (χ2n) is 3.53. The molecule has 1 saturated heterocycles. The number of carbonyl (C=O) groups is 1. The second kappa shape index (κ2) is 3.61. The first-order chi connectivity index (χ1) is 5.92. The van der Waals surface area contributed by atoms with Gasteiger partial charge < -0.3 is 19.7 Å². The molecular formula is C8H14O5. The van der Waals surface area contributed by atoms with Gasteiger partial charge >= 0.3 is 5.97 Å². The van der Waals surface area contributed by atoms with Crippen LogP contribution in [0.4, 0.5) is 0 Å². The second-order valence-corrected chi connectivity index (χ2v) is 3.53. The molecule has 1 aliphatic heterocycles. The Balaban J connectivity index is 2.49. The minimum absolute atomic E-state index is 0.211. The van der Waals surface area contributed by atoms with Crippen LogP contribution in [-0.2, 0) is 14.3 Å². The molecule has 13 heavy (non-hydrogen) atoms. The zero-order valence-electron chi connectivity index (χ0n) is 7.69. The van der Waals surface area contributed by atoms with Gasteiger partial charge in [-0.2, -0.15) is 0 Å². The Morgan fingerprint density at radius 1 is 1.69 bits per heavy atom. The van der Waals surface area contributed by atoms with Gasteiger partial charge in [0.25, 0.3) is 0 Å². The summed E-state index contributed by atoms with van der Waals surface area (Å²) in [5, 5.41) is 18.0. The van der Waals surface area contributed by atoms with E-state index in [2.05, 4.69) is 0 Å². The summed E-state index contributed by atoms with van der Waals surface area (Å²) in [5.41, 5.74) is 0. The maximum absolute atomic E-state index is 11.1. The lowest BCUT2D eigenvalue weighted by atomic mass is 10.2. The summed E-state index contributed by atoms with van der Waals surface area (Å²) in [6.45, 7) is 2.66. The largest absolute Gasteiger partial charge is 0.458 e. The number of carbonyl (C=O) groups excluding carboxylic acids is 1. The van der Waals surface area contributed by atoms with Crippen LogP contribution in [0.5, 0.6) is 0 Å². The number of hydrogen-bond acceptors (Lipinski definition) is 5. The van der Waals surface area contributed by atoms with Crippen molar-refractivity contribution in [1.82, 2.24) is 0 Å². The Bertz CT molecular complexity index is 195. The van der Waals surface area contributed by atoms with Gasteiger partial charge in [-0.25, -0.2) is 4.79 Å². The number of cyclic esters (lactones) is 1. The summed E-state index contributed by atoms with van der Waals surface area (Å²) in [6.07, 6.45) is -0.976. The minimum atomic E-state index is -1.35. The summed E-state index contributed by atoms with van der Waals surface area (Å²) < 4.78 is 9.76. The number of aliphatic hydroxyl groups excluding tert-OH is 1. The van der Waals surface area contributed by atoms with E-state index in [0.717, 1.165) is 0 Å². The van der Waals surface area contributed by atoms with E-state index in [0.29, 0.717) is 6.42 Å². The Morgan fingerprint density at radius 2 is 2.31 bits per heavy atom. The Labute approximate surface area is 76.3 Å². The Hall–Kier alpha value is -0.650. The van der Waals surface area contributed by atoms with Crippen molar-refractivity contribution in [1.29, 1.82) is 0 Å². The predicted octanol–water partition coefficient (Wildman–Crippen LogP) is -0.592. The van der Waals surface area contributed by atoms with Crippen molar-refractivity contribution in [2.45, 2.75) is 38.3 Å². The third-order valence-electron chi connectivity index (χ3n) is 1.66. The SMILES string of the molecule is CC(C)(O)OC1C[C@H](CO)OC1=O. The van der Waals surface area contributed by atoms with Crippen molar-refractivity contribution >= 4 is 5.97 Å². The molecule has 5 heteroatoms. The van der Waals surface area contributed by atoms with Gasteiger partial charge in [0.1, 0.15) is 6.10 Å². The first kappa shape index (κ1) is 10.4. The van der Waals surface area contributed by atoms with Crippen molar-refractivity contribution in [3.8, 4) is 0 Å². The first-order valence-electron chi connectivity index (χ1n) is 4.14. The summed E-state index contributed by atoms with van der Waals surface area (Å²) in [5.74, 6) is -1.88. The van der Waals surface area contributed by atoms with Gasteiger partial charge in [0.2, 0.25) is 0 Å². The monoisotopic (exact) mass is 190 g/mol. The van der Waals surface area contributed by atoms with E-state index in [1.165, 1.54) is 13.8 Å². The standard InChI is InChI=1S/C8H14O5/c1-8(2,11)13-6-3-5(4-9)12-7(6)10/h5-6,9,11H,3-4H2,1-2H3/t5-,6?/m1/s1. The highest BCUT2D eigenvalue weighted by Crippen LogP contribution is 2.21. The molecule has 76 valence electrons. The molecule has 0 amide bonds. The van der Waals surface area contributed by atoms with Crippen molar-refractivity contribution in [3.05, 3.63) is 0 Å². The quantitative estimate of drug-likeness (QED) is 0.459. The van der Waals surface area contributed by atoms with Crippen LogP contribution >= 0.6 is 0 Å². The molecule has 1 unspecified atom stereocenters. The lowest BCUT2D eigenvalue weighted by Gasteiger charge is -2.20. The maximum Gasteiger partial charge on any atom is 0.335 e. The van der Waals surface area contributed by atoms with Gasteiger partial charge in [-0.3, -0.25) is 0 Å². The fourth-order valence-electron chi connectivity index (χ4n) is 1.18. The van der Waals surface area contributed by atoms with Crippen LogP contribution in [0.15, 0.2) is 0 Å². The van der Waals surface area contributed by atoms with Gasteiger partial charge in [-0.1, -0.05) is 0 Å². The van der Waals surface area contributed by atoms with E-state index in [1.54, 1.807) is 0 Å². The third kappa shape index (κ3) is 2.95. The highest BCUT2D eigenvalue weighted by Gasteiger charge is 2.37. The molecule has 0 aromatic rings.